The average Bonchev–Trinajstić information content (AvgIpc) is 3.00. The van der Waals surface area contributed by atoms with E-state index < -0.39 is 120 Å². The summed E-state index contributed by atoms with van der Waals surface area (Å²) in [6.45, 7) is -1.64. The van der Waals surface area contributed by atoms with Crippen LogP contribution in [0.2, 0.25) is 0 Å². The lowest BCUT2D eigenvalue weighted by atomic mass is 9.97. The van der Waals surface area contributed by atoms with Crippen LogP contribution in [0.15, 0.2) is 39.5 Å². The molecule has 2 saturated heterocycles. The van der Waals surface area contributed by atoms with Crippen molar-refractivity contribution in [2.75, 3.05) is 13.2 Å². The number of aliphatic hydroxyl groups excluding tert-OH is 7. The van der Waals surface area contributed by atoms with Crippen molar-refractivity contribution in [1.82, 2.24) is 0 Å². The van der Waals surface area contributed by atoms with Crippen molar-refractivity contribution in [3.63, 3.8) is 0 Å². The second-order valence-corrected chi connectivity index (χ2v) is 10.2. The van der Waals surface area contributed by atoms with Crippen LogP contribution in [0.5, 0.6) is 28.7 Å². The molecule has 2 aliphatic rings. The van der Waals surface area contributed by atoms with Gasteiger partial charge in [0.25, 0.3) is 0 Å². The Morgan fingerprint density at radius 2 is 1.34 bits per heavy atom. The molecular weight excluding hydrogens is 596 g/mol. The summed E-state index contributed by atoms with van der Waals surface area (Å²) in [5.74, 6) is -3.39. The molecule has 240 valence electrons. The zero-order valence-electron chi connectivity index (χ0n) is 22.4. The van der Waals surface area contributed by atoms with Crippen molar-refractivity contribution in [2.45, 2.75) is 61.4 Å². The third-order valence-electron chi connectivity index (χ3n) is 7.39. The number of phenolic OH excluding ortho intramolecular Hbond substituents is 4. The van der Waals surface area contributed by atoms with E-state index in [1.165, 1.54) is 6.07 Å². The van der Waals surface area contributed by atoms with Crippen molar-refractivity contribution in [3.05, 3.63) is 40.6 Å². The third kappa shape index (κ3) is 5.61. The smallest absolute Gasteiger partial charge is 0.229 e. The quantitative estimate of drug-likeness (QED) is 0.0938. The van der Waals surface area contributed by atoms with Gasteiger partial charge >= 0.3 is 0 Å². The van der Waals surface area contributed by atoms with Gasteiger partial charge in [-0.2, -0.15) is 0 Å². The molecule has 5 rings (SSSR count). The number of aromatic hydroxyl groups is 4. The van der Waals surface area contributed by atoms with Crippen LogP contribution in [-0.2, 0) is 14.2 Å². The van der Waals surface area contributed by atoms with Crippen LogP contribution >= 0.6 is 0 Å². The summed E-state index contributed by atoms with van der Waals surface area (Å²) < 4.78 is 27.7. The summed E-state index contributed by atoms with van der Waals surface area (Å²) in [4.78, 5) is 12.9. The first-order valence-corrected chi connectivity index (χ1v) is 13.2. The van der Waals surface area contributed by atoms with Crippen molar-refractivity contribution in [2.24, 2.45) is 0 Å². The predicted octanol–water partition coefficient (Wildman–Crippen LogP) is -2.71. The molecule has 4 unspecified atom stereocenters. The summed E-state index contributed by atoms with van der Waals surface area (Å²) >= 11 is 0. The Balaban J connectivity index is 1.52. The van der Waals surface area contributed by atoms with Crippen LogP contribution in [0.3, 0.4) is 0 Å². The Morgan fingerprint density at radius 3 is 1.98 bits per heavy atom. The Bertz CT molecular complexity index is 1560. The van der Waals surface area contributed by atoms with Crippen molar-refractivity contribution >= 4 is 11.0 Å². The van der Waals surface area contributed by atoms with E-state index in [4.69, 9.17) is 23.4 Å². The zero-order chi connectivity index (χ0) is 32.0. The first-order chi connectivity index (χ1) is 20.9. The molecule has 0 aliphatic carbocycles. The maximum Gasteiger partial charge on any atom is 0.229 e. The summed E-state index contributed by atoms with van der Waals surface area (Å²) in [6.07, 6.45) is -17.6. The van der Waals surface area contributed by atoms with Gasteiger partial charge in [0.15, 0.2) is 40.7 Å². The molecule has 0 bridgehead atoms. The molecule has 3 heterocycles. The van der Waals surface area contributed by atoms with Crippen LogP contribution in [0.4, 0.5) is 0 Å². The lowest BCUT2D eigenvalue weighted by Gasteiger charge is -2.45. The van der Waals surface area contributed by atoms with Crippen LogP contribution < -0.4 is 10.2 Å². The van der Waals surface area contributed by atoms with E-state index in [0.29, 0.717) is 0 Å². The van der Waals surface area contributed by atoms with Crippen molar-refractivity contribution in [1.29, 1.82) is 0 Å². The highest BCUT2D eigenvalue weighted by Crippen LogP contribution is 2.42. The SMILES string of the molecule is O=c1cc(-c2ccc(O)c(O)c2)oc2c(O)c(O[C@@H]3OC(CO)[C@@H](O)[C@@H](O)C3O[C@@H]3OC(CO)[C@@H](O)[C@H](O)C3O)cc(O)c12. The number of benzene rings is 2. The minimum absolute atomic E-state index is 0.107. The van der Waals surface area contributed by atoms with Crippen LogP contribution in [0.1, 0.15) is 0 Å². The molecule has 2 fully saturated rings. The molecule has 17 nitrogen and oxygen atoms in total. The summed E-state index contributed by atoms with van der Waals surface area (Å²) in [5.41, 5.74) is -1.29. The third-order valence-corrected chi connectivity index (χ3v) is 7.39. The van der Waals surface area contributed by atoms with Crippen molar-refractivity contribution < 1.29 is 79.5 Å². The topological polar surface area (TPSA) is 290 Å². The minimum atomic E-state index is -1.93. The number of fused-ring (bicyclic) bond motifs is 1. The van der Waals surface area contributed by atoms with E-state index in [1.54, 1.807) is 0 Å². The summed E-state index contributed by atoms with van der Waals surface area (Å²) in [7, 11) is 0. The molecule has 0 radical (unpaired) electrons. The number of rotatable bonds is 7. The van der Waals surface area contributed by atoms with E-state index >= 15 is 0 Å². The number of phenols is 4. The van der Waals surface area contributed by atoms with Crippen molar-refractivity contribution in [3.8, 4) is 40.1 Å². The van der Waals surface area contributed by atoms with Crippen LogP contribution in [-0.4, -0.2) is 131 Å². The molecule has 17 heteroatoms. The number of hydrogen-bond acceptors (Lipinski definition) is 17. The molecule has 3 aromatic rings. The van der Waals surface area contributed by atoms with Gasteiger partial charge in [0.1, 0.15) is 59.6 Å². The average molecular weight is 627 g/mol. The normalized spacial score (nSPS) is 32.5. The minimum Gasteiger partial charge on any atom is -0.507 e. The molecule has 10 atom stereocenters. The van der Waals surface area contributed by atoms with Gasteiger partial charge in [-0.25, -0.2) is 0 Å². The standard InChI is InChI=1S/C27H30O17/c28-6-15-18(34)21(37)23(39)26(42-15)44-25-22(38)19(35)16(7-29)43-27(25)41-14-5-12(33)17-11(32)4-13(40-24(17)20(14)36)8-1-2-9(30)10(31)3-8/h1-5,15-16,18-19,21-23,25-31,33-39H,6-7H2/t15?,16?,18-,19-,21+,22-,23?,25?,26+,27-/m1/s1. The maximum absolute atomic E-state index is 12.9. The van der Waals surface area contributed by atoms with Gasteiger partial charge in [-0.3, -0.25) is 4.79 Å². The highest BCUT2D eigenvalue weighted by Gasteiger charge is 2.51. The fraction of sp³-hybridized carbons (Fsp3) is 0.444. The molecule has 2 aromatic carbocycles. The second kappa shape index (κ2) is 12.3. The summed E-state index contributed by atoms with van der Waals surface area (Å²) in [6, 6.07) is 5.27. The van der Waals surface area contributed by atoms with Gasteiger partial charge in [0.05, 0.1) is 13.2 Å². The molecule has 0 amide bonds. The first kappa shape index (κ1) is 31.7. The summed E-state index contributed by atoms with van der Waals surface area (Å²) in [5, 5.41) is 112. The van der Waals surface area contributed by atoms with Gasteiger partial charge in [0, 0.05) is 17.7 Å². The van der Waals surface area contributed by atoms with Crippen LogP contribution in [0, 0.1) is 0 Å². The van der Waals surface area contributed by atoms with Gasteiger partial charge in [-0.05, 0) is 18.2 Å². The Hall–Kier alpha value is -3.75. The number of ether oxygens (including phenoxy) is 4. The molecule has 0 saturated carbocycles. The monoisotopic (exact) mass is 626 g/mol. The highest BCUT2D eigenvalue weighted by molar-refractivity contribution is 5.91. The lowest BCUT2D eigenvalue weighted by Crippen LogP contribution is -2.65. The van der Waals surface area contributed by atoms with Gasteiger partial charge in [0.2, 0.25) is 12.0 Å². The van der Waals surface area contributed by atoms with E-state index in [0.717, 1.165) is 24.3 Å². The van der Waals surface area contributed by atoms with Gasteiger partial charge in [-0.1, -0.05) is 0 Å². The zero-order valence-corrected chi connectivity index (χ0v) is 22.4. The molecule has 2 aliphatic heterocycles. The van der Waals surface area contributed by atoms with Gasteiger partial charge < -0.3 is 79.5 Å². The van der Waals surface area contributed by atoms with E-state index in [-0.39, 0.29) is 11.3 Å². The predicted molar refractivity (Wildman–Crippen MR) is 142 cm³/mol. The molecule has 11 N–H and O–H groups in total. The molecule has 1 aromatic heterocycles. The largest absolute Gasteiger partial charge is 0.507 e. The van der Waals surface area contributed by atoms with E-state index in [1.807, 2.05) is 0 Å². The van der Waals surface area contributed by atoms with Crippen LogP contribution in [0.25, 0.3) is 22.3 Å². The van der Waals surface area contributed by atoms with Gasteiger partial charge in [-0.15, -0.1) is 0 Å². The van der Waals surface area contributed by atoms with E-state index in [2.05, 4.69) is 0 Å². The molecular formula is C27H30O17. The number of aliphatic hydroxyl groups is 7. The lowest BCUT2D eigenvalue weighted by molar-refractivity contribution is -0.358. The fourth-order valence-corrected chi connectivity index (χ4v) is 4.94. The Labute approximate surface area is 246 Å². The maximum atomic E-state index is 12.9. The molecule has 0 spiro atoms. The Kier molecular flexibility index (Phi) is 8.87. The number of hydrogen-bond donors (Lipinski definition) is 11. The second-order valence-electron chi connectivity index (χ2n) is 10.2. The Morgan fingerprint density at radius 1 is 0.705 bits per heavy atom. The fourth-order valence-electron chi connectivity index (χ4n) is 4.94. The molecule has 44 heavy (non-hydrogen) atoms. The van der Waals surface area contributed by atoms with E-state index in [9.17, 15) is 61.0 Å². The highest BCUT2D eigenvalue weighted by atomic mass is 16.8. The first-order valence-electron chi connectivity index (χ1n) is 13.2.